The molecule has 0 radical (unpaired) electrons. The van der Waals surface area contributed by atoms with Crippen molar-refractivity contribution >= 4 is 12.0 Å². The monoisotopic (exact) mass is 319 g/mol. The second-order valence-corrected chi connectivity index (χ2v) is 5.19. The highest BCUT2D eigenvalue weighted by Crippen LogP contribution is 2.28. The van der Waals surface area contributed by atoms with Gasteiger partial charge >= 0.3 is 0 Å². The summed E-state index contributed by atoms with van der Waals surface area (Å²) in [5, 5.41) is 11.0. The van der Waals surface area contributed by atoms with Crippen molar-refractivity contribution in [1.82, 2.24) is 9.97 Å². The van der Waals surface area contributed by atoms with Crippen LogP contribution in [0.1, 0.15) is 16.1 Å². The molecule has 0 aliphatic rings. The molecule has 2 aromatic carbocycles. The second-order valence-electron chi connectivity index (χ2n) is 5.19. The molecule has 6 nitrogen and oxygen atoms in total. The van der Waals surface area contributed by atoms with Crippen LogP contribution in [0.25, 0.3) is 22.6 Å². The molecular formula is C18H13N3O3. The molecule has 0 amide bonds. The van der Waals surface area contributed by atoms with Crippen LogP contribution in [-0.4, -0.2) is 21.2 Å². The minimum atomic E-state index is -0.476. The summed E-state index contributed by atoms with van der Waals surface area (Å²) in [4.78, 5) is 30.9. The lowest BCUT2D eigenvalue weighted by Crippen LogP contribution is -2.02. The van der Waals surface area contributed by atoms with Gasteiger partial charge in [-0.2, -0.15) is 0 Å². The summed E-state index contributed by atoms with van der Waals surface area (Å²) < 4.78 is 0. The number of nitro benzene ring substituents is 1. The third-order valence-corrected chi connectivity index (χ3v) is 3.62. The summed E-state index contributed by atoms with van der Waals surface area (Å²) >= 11 is 0. The van der Waals surface area contributed by atoms with Crippen molar-refractivity contribution < 1.29 is 9.72 Å². The molecule has 0 aliphatic heterocycles. The van der Waals surface area contributed by atoms with Crippen molar-refractivity contribution in [2.45, 2.75) is 6.92 Å². The van der Waals surface area contributed by atoms with Crippen LogP contribution < -0.4 is 0 Å². The first kappa shape index (κ1) is 15.5. The van der Waals surface area contributed by atoms with E-state index in [1.807, 2.05) is 30.3 Å². The Bertz CT molecular complexity index is 924. The molecule has 0 aliphatic carbocycles. The largest absolute Gasteiger partial charge is 0.298 e. The Morgan fingerprint density at radius 2 is 1.71 bits per heavy atom. The van der Waals surface area contributed by atoms with Gasteiger partial charge in [0.2, 0.25) is 0 Å². The first-order chi connectivity index (χ1) is 11.6. The highest BCUT2D eigenvalue weighted by molar-refractivity contribution is 5.88. The van der Waals surface area contributed by atoms with E-state index >= 15 is 0 Å². The molecule has 0 N–H and O–H groups in total. The Kier molecular flexibility index (Phi) is 4.11. The zero-order chi connectivity index (χ0) is 17.1. The van der Waals surface area contributed by atoms with Gasteiger partial charge in [0.1, 0.15) is 0 Å². The van der Waals surface area contributed by atoms with Crippen molar-refractivity contribution in [3.05, 3.63) is 76.0 Å². The molecule has 3 aromatic rings. The fourth-order valence-corrected chi connectivity index (χ4v) is 2.43. The molecule has 0 bridgehead atoms. The summed E-state index contributed by atoms with van der Waals surface area (Å²) in [5.74, 6) is 0.472. The minimum Gasteiger partial charge on any atom is -0.298 e. The fourth-order valence-electron chi connectivity index (χ4n) is 2.43. The number of benzene rings is 2. The number of rotatable bonds is 4. The van der Waals surface area contributed by atoms with Crippen LogP contribution in [0.2, 0.25) is 0 Å². The lowest BCUT2D eigenvalue weighted by molar-refractivity contribution is -0.384. The Hall–Kier alpha value is -3.41. The summed E-state index contributed by atoms with van der Waals surface area (Å²) in [5.41, 5.74) is 2.51. The highest BCUT2D eigenvalue weighted by Gasteiger charge is 2.16. The first-order valence-electron chi connectivity index (χ1n) is 7.24. The van der Waals surface area contributed by atoms with Gasteiger partial charge in [-0.1, -0.05) is 42.5 Å². The second kappa shape index (κ2) is 6.37. The molecule has 1 heterocycles. The number of non-ortho nitro benzene ring substituents is 1. The van der Waals surface area contributed by atoms with Crippen molar-refractivity contribution in [1.29, 1.82) is 0 Å². The summed E-state index contributed by atoms with van der Waals surface area (Å²) in [6.07, 6.45) is 0.679. The van der Waals surface area contributed by atoms with Gasteiger partial charge in [-0.15, -0.1) is 0 Å². The molecule has 0 saturated carbocycles. The summed E-state index contributed by atoms with van der Waals surface area (Å²) in [6.45, 7) is 1.72. The standard InChI is InChI=1S/C18H13N3O3/c1-12-16(11-22)17(14-8-5-9-15(10-14)21(23)24)20-18(19-12)13-6-3-2-4-7-13/h2-11H,1H3. The number of nitro groups is 1. The first-order valence-corrected chi connectivity index (χ1v) is 7.24. The molecule has 0 fully saturated rings. The molecule has 0 atom stereocenters. The lowest BCUT2D eigenvalue weighted by Gasteiger charge is -2.10. The number of hydrogen-bond donors (Lipinski definition) is 0. The van der Waals surface area contributed by atoms with E-state index in [2.05, 4.69) is 9.97 Å². The van der Waals surface area contributed by atoms with Gasteiger partial charge in [0.25, 0.3) is 5.69 Å². The zero-order valence-corrected chi connectivity index (χ0v) is 12.8. The number of aryl methyl sites for hydroxylation is 1. The van der Waals surface area contributed by atoms with Crippen molar-refractivity contribution in [3.8, 4) is 22.6 Å². The molecule has 0 saturated heterocycles. The maximum Gasteiger partial charge on any atom is 0.270 e. The van der Waals surface area contributed by atoms with Gasteiger partial charge in [-0.25, -0.2) is 9.97 Å². The molecular weight excluding hydrogens is 306 g/mol. The van der Waals surface area contributed by atoms with Crippen LogP contribution in [0.3, 0.4) is 0 Å². The average Bonchev–Trinajstić information content (AvgIpc) is 2.62. The third kappa shape index (κ3) is 2.89. The van der Waals surface area contributed by atoms with E-state index in [1.54, 1.807) is 19.1 Å². The number of carbonyl (C=O) groups is 1. The van der Waals surface area contributed by atoms with E-state index in [4.69, 9.17) is 0 Å². The Morgan fingerprint density at radius 3 is 2.38 bits per heavy atom. The molecule has 3 rings (SSSR count). The van der Waals surface area contributed by atoms with Crippen molar-refractivity contribution in [2.75, 3.05) is 0 Å². The highest BCUT2D eigenvalue weighted by atomic mass is 16.6. The van der Waals surface area contributed by atoms with E-state index in [9.17, 15) is 14.9 Å². The smallest absolute Gasteiger partial charge is 0.270 e. The maximum absolute atomic E-state index is 11.5. The Morgan fingerprint density at radius 1 is 1.00 bits per heavy atom. The van der Waals surface area contributed by atoms with Gasteiger partial charge in [-0.05, 0) is 6.92 Å². The normalized spacial score (nSPS) is 10.4. The predicted molar refractivity (Wildman–Crippen MR) is 89.7 cm³/mol. The molecule has 6 heteroatoms. The molecule has 0 unspecified atom stereocenters. The van der Waals surface area contributed by atoms with Crippen LogP contribution in [0.5, 0.6) is 0 Å². The zero-order valence-electron chi connectivity index (χ0n) is 12.8. The fraction of sp³-hybridized carbons (Fsp3) is 0.0556. The van der Waals surface area contributed by atoms with Crippen LogP contribution in [-0.2, 0) is 0 Å². The SMILES string of the molecule is Cc1nc(-c2ccccc2)nc(-c2cccc([N+](=O)[O-])c2)c1C=O. The Balaban J connectivity index is 2.23. The molecule has 24 heavy (non-hydrogen) atoms. The molecule has 1 aromatic heterocycles. The summed E-state index contributed by atoms with van der Waals surface area (Å²) in [6, 6.07) is 15.4. The van der Waals surface area contributed by atoms with Crippen LogP contribution in [0, 0.1) is 17.0 Å². The van der Waals surface area contributed by atoms with Gasteiger partial charge < -0.3 is 0 Å². The maximum atomic E-state index is 11.5. The van der Waals surface area contributed by atoms with E-state index in [1.165, 1.54) is 12.1 Å². The predicted octanol–water partition coefficient (Wildman–Crippen LogP) is 3.84. The summed E-state index contributed by atoms with van der Waals surface area (Å²) in [7, 11) is 0. The van der Waals surface area contributed by atoms with Gasteiger partial charge in [0.05, 0.1) is 21.9 Å². The van der Waals surface area contributed by atoms with Gasteiger partial charge in [0, 0.05) is 23.3 Å². The van der Waals surface area contributed by atoms with Crippen molar-refractivity contribution in [3.63, 3.8) is 0 Å². The number of hydrogen-bond acceptors (Lipinski definition) is 5. The number of aromatic nitrogens is 2. The van der Waals surface area contributed by atoms with E-state index in [-0.39, 0.29) is 5.69 Å². The quantitative estimate of drug-likeness (QED) is 0.414. The van der Waals surface area contributed by atoms with Crippen molar-refractivity contribution in [2.24, 2.45) is 0 Å². The van der Waals surface area contributed by atoms with E-state index in [0.717, 1.165) is 5.56 Å². The van der Waals surface area contributed by atoms with Crippen LogP contribution in [0.4, 0.5) is 5.69 Å². The number of nitrogens with zero attached hydrogens (tertiary/aromatic N) is 3. The molecule has 118 valence electrons. The van der Waals surface area contributed by atoms with E-state index < -0.39 is 4.92 Å². The third-order valence-electron chi connectivity index (χ3n) is 3.62. The Labute approximate surface area is 138 Å². The van der Waals surface area contributed by atoms with Crippen LogP contribution >= 0.6 is 0 Å². The number of carbonyl (C=O) groups excluding carboxylic acids is 1. The number of aldehydes is 1. The minimum absolute atomic E-state index is 0.0538. The van der Waals surface area contributed by atoms with Gasteiger partial charge in [-0.3, -0.25) is 14.9 Å². The topological polar surface area (TPSA) is 86.0 Å². The van der Waals surface area contributed by atoms with E-state index in [0.29, 0.717) is 34.6 Å². The van der Waals surface area contributed by atoms with Crippen LogP contribution in [0.15, 0.2) is 54.6 Å². The van der Waals surface area contributed by atoms with Gasteiger partial charge in [0.15, 0.2) is 12.1 Å². The average molecular weight is 319 g/mol. The molecule has 0 spiro atoms. The lowest BCUT2D eigenvalue weighted by atomic mass is 10.0.